The third-order valence-corrected chi connectivity index (χ3v) is 5.10. The number of esters is 2. The molecular formula is C16H6Cl6O4. The van der Waals surface area contributed by atoms with Crippen molar-refractivity contribution >= 4 is 81.5 Å². The number of hydrogen-bond acceptors (Lipinski definition) is 4. The first kappa shape index (κ1) is 21.2. The van der Waals surface area contributed by atoms with Crippen LogP contribution < -0.4 is 9.47 Å². The fourth-order valence-corrected chi connectivity index (χ4v) is 2.77. The quantitative estimate of drug-likeness (QED) is 0.215. The molecule has 0 unspecified atom stereocenters. The fraction of sp³-hybridized carbons (Fsp3) is 0. The van der Waals surface area contributed by atoms with Gasteiger partial charge in [-0.2, -0.15) is 0 Å². The van der Waals surface area contributed by atoms with Gasteiger partial charge in [-0.3, -0.25) is 0 Å². The fourth-order valence-electron chi connectivity index (χ4n) is 1.62. The van der Waals surface area contributed by atoms with Gasteiger partial charge in [0.25, 0.3) is 0 Å². The summed E-state index contributed by atoms with van der Waals surface area (Å²) in [4.78, 5) is 23.5. The van der Waals surface area contributed by atoms with E-state index in [-0.39, 0.29) is 41.6 Å². The lowest BCUT2D eigenvalue weighted by Gasteiger charge is -2.05. The predicted octanol–water partition coefficient (Wildman–Crippen LogP) is 6.67. The Morgan fingerprint density at radius 1 is 0.615 bits per heavy atom. The summed E-state index contributed by atoms with van der Waals surface area (Å²) < 4.78 is 9.93. The molecule has 10 heteroatoms. The third kappa shape index (κ3) is 5.68. The maximum absolute atomic E-state index is 11.7. The average Bonchev–Trinajstić information content (AvgIpc) is 2.55. The monoisotopic (exact) mass is 472 g/mol. The molecule has 26 heavy (non-hydrogen) atoms. The zero-order valence-electron chi connectivity index (χ0n) is 12.4. The maximum atomic E-state index is 11.7. The molecule has 0 saturated carbocycles. The summed E-state index contributed by atoms with van der Waals surface area (Å²) in [6.07, 6.45) is 1.72. The van der Waals surface area contributed by atoms with Gasteiger partial charge in [0.1, 0.15) is 11.5 Å². The third-order valence-electron chi connectivity index (χ3n) is 2.71. The molecule has 2 rings (SSSR count). The molecule has 0 heterocycles. The summed E-state index contributed by atoms with van der Waals surface area (Å²) in [5.74, 6) is -1.60. The van der Waals surface area contributed by atoms with Crippen LogP contribution in [0.3, 0.4) is 0 Å². The van der Waals surface area contributed by atoms with Crippen molar-refractivity contribution in [1.82, 2.24) is 0 Å². The molecule has 4 nitrogen and oxygen atoms in total. The minimum absolute atomic E-state index is 0.0590. The van der Waals surface area contributed by atoms with Gasteiger partial charge in [-0.1, -0.05) is 69.6 Å². The summed E-state index contributed by atoms with van der Waals surface area (Å²) in [7, 11) is 0. The van der Waals surface area contributed by atoms with E-state index < -0.39 is 11.9 Å². The van der Waals surface area contributed by atoms with E-state index in [2.05, 4.69) is 0 Å². The van der Waals surface area contributed by atoms with Crippen molar-refractivity contribution in [3.8, 4) is 11.5 Å². The molecule has 0 bridgehead atoms. The molecular weight excluding hydrogens is 469 g/mol. The Bertz CT molecular complexity index is 790. The summed E-state index contributed by atoms with van der Waals surface area (Å²) >= 11 is 34.9. The number of hydrogen-bond donors (Lipinski definition) is 0. The highest BCUT2D eigenvalue weighted by Gasteiger charge is 2.11. The molecule has 0 N–H and O–H groups in total. The zero-order chi connectivity index (χ0) is 19.4. The number of ether oxygens (including phenoxy) is 2. The molecule has 0 fully saturated rings. The molecule has 0 aliphatic carbocycles. The summed E-state index contributed by atoms with van der Waals surface area (Å²) in [6.45, 7) is 0. The molecule has 0 aliphatic rings. The molecule has 0 radical (unpaired) electrons. The smallest absolute Gasteiger partial charge is 0.336 e. The Morgan fingerprint density at radius 2 is 0.885 bits per heavy atom. The number of carbonyl (C=O) groups excluding carboxylic acids is 2. The Hall–Kier alpha value is -1.14. The van der Waals surface area contributed by atoms with Crippen LogP contribution in [0.15, 0.2) is 36.4 Å². The second-order valence-electron chi connectivity index (χ2n) is 4.58. The van der Waals surface area contributed by atoms with E-state index >= 15 is 0 Å². The second-order valence-corrected chi connectivity index (χ2v) is 6.96. The molecule has 0 amide bonds. The molecule has 0 spiro atoms. The van der Waals surface area contributed by atoms with Crippen LogP contribution in [0, 0.1) is 0 Å². The minimum atomic E-state index is -0.858. The van der Waals surface area contributed by atoms with Crippen LogP contribution >= 0.6 is 69.6 Å². The van der Waals surface area contributed by atoms with Crippen LogP contribution in [-0.4, -0.2) is 11.9 Å². The molecule has 0 atom stereocenters. The lowest BCUT2D eigenvalue weighted by molar-refractivity contribution is -0.131. The number of benzene rings is 2. The lowest BCUT2D eigenvalue weighted by Crippen LogP contribution is -2.08. The molecule has 0 saturated heterocycles. The lowest BCUT2D eigenvalue weighted by atomic mass is 10.3. The predicted molar refractivity (Wildman–Crippen MR) is 103 cm³/mol. The van der Waals surface area contributed by atoms with E-state index in [1.807, 2.05) is 0 Å². The highest BCUT2D eigenvalue weighted by molar-refractivity contribution is 6.48. The van der Waals surface area contributed by atoms with Gasteiger partial charge in [-0.25, -0.2) is 9.59 Å². The Balaban J connectivity index is 2.00. The van der Waals surface area contributed by atoms with Crippen molar-refractivity contribution in [2.24, 2.45) is 0 Å². The van der Waals surface area contributed by atoms with Gasteiger partial charge in [0, 0.05) is 36.4 Å². The topological polar surface area (TPSA) is 52.6 Å². The van der Waals surface area contributed by atoms with Gasteiger partial charge in [-0.05, 0) is 0 Å². The van der Waals surface area contributed by atoms with Gasteiger partial charge in [0.15, 0.2) is 0 Å². The van der Waals surface area contributed by atoms with Crippen molar-refractivity contribution in [1.29, 1.82) is 0 Å². The second kappa shape index (κ2) is 9.18. The van der Waals surface area contributed by atoms with Gasteiger partial charge < -0.3 is 9.47 Å². The zero-order valence-corrected chi connectivity index (χ0v) is 16.9. The van der Waals surface area contributed by atoms with Gasteiger partial charge >= 0.3 is 11.9 Å². The largest absolute Gasteiger partial charge is 0.423 e. The van der Waals surface area contributed by atoms with E-state index in [1.54, 1.807) is 0 Å². The summed E-state index contributed by atoms with van der Waals surface area (Å²) in [5, 5.41) is 0.715. The van der Waals surface area contributed by atoms with Crippen LogP contribution in [-0.2, 0) is 9.59 Å². The van der Waals surface area contributed by atoms with E-state index in [9.17, 15) is 9.59 Å². The van der Waals surface area contributed by atoms with Crippen LogP contribution in [0.4, 0.5) is 0 Å². The van der Waals surface area contributed by atoms with E-state index in [0.29, 0.717) is 0 Å². The molecule has 2 aromatic carbocycles. The van der Waals surface area contributed by atoms with E-state index in [4.69, 9.17) is 79.1 Å². The van der Waals surface area contributed by atoms with E-state index in [1.165, 1.54) is 24.3 Å². The van der Waals surface area contributed by atoms with Crippen molar-refractivity contribution in [2.75, 3.05) is 0 Å². The SMILES string of the molecule is O=C(/C=C/C(=O)Oc1cc(Cl)c(Cl)c(Cl)c1)Oc1cc(Cl)c(Cl)c(Cl)c1. The standard InChI is InChI=1S/C16H6Cl6O4/c17-9-3-7(4-10(18)15(9)21)25-13(23)1-2-14(24)26-8-5-11(19)16(22)12(20)6-8/h1-6H/b2-1+. The molecule has 0 aromatic heterocycles. The number of carbonyl (C=O) groups is 2. The first-order valence-electron chi connectivity index (χ1n) is 6.58. The first-order valence-corrected chi connectivity index (χ1v) is 8.85. The van der Waals surface area contributed by atoms with Crippen molar-refractivity contribution in [3.63, 3.8) is 0 Å². The van der Waals surface area contributed by atoms with Gasteiger partial charge in [0.2, 0.25) is 0 Å². The molecule has 2 aromatic rings. The van der Waals surface area contributed by atoms with Crippen LogP contribution in [0.5, 0.6) is 11.5 Å². The van der Waals surface area contributed by atoms with Crippen LogP contribution in [0.25, 0.3) is 0 Å². The van der Waals surface area contributed by atoms with Crippen LogP contribution in [0.2, 0.25) is 30.1 Å². The summed E-state index contributed by atoms with van der Waals surface area (Å²) in [5.41, 5.74) is 0. The van der Waals surface area contributed by atoms with Gasteiger partial charge in [0.05, 0.1) is 30.1 Å². The highest BCUT2D eigenvalue weighted by Crippen LogP contribution is 2.35. The Morgan fingerprint density at radius 3 is 1.15 bits per heavy atom. The van der Waals surface area contributed by atoms with Crippen molar-refractivity contribution in [2.45, 2.75) is 0 Å². The van der Waals surface area contributed by atoms with Gasteiger partial charge in [-0.15, -0.1) is 0 Å². The summed E-state index contributed by atoms with van der Waals surface area (Å²) in [6, 6.07) is 5.21. The Kier molecular flexibility index (Phi) is 7.47. The van der Waals surface area contributed by atoms with Crippen molar-refractivity contribution < 1.29 is 19.1 Å². The first-order chi connectivity index (χ1) is 12.2. The molecule has 0 aliphatic heterocycles. The number of rotatable bonds is 4. The minimum Gasteiger partial charge on any atom is -0.423 e. The van der Waals surface area contributed by atoms with Crippen LogP contribution in [0.1, 0.15) is 0 Å². The van der Waals surface area contributed by atoms with E-state index in [0.717, 1.165) is 12.2 Å². The average molecular weight is 475 g/mol. The van der Waals surface area contributed by atoms with Crippen molar-refractivity contribution in [3.05, 3.63) is 66.6 Å². The Labute approximate surface area is 178 Å². The molecule has 136 valence electrons. The number of halogens is 6. The highest BCUT2D eigenvalue weighted by atomic mass is 35.5. The maximum Gasteiger partial charge on any atom is 0.336 e. The normalized spacial score (nSPS) is 10.8.